The van der Waals surface area contributed by atoms with Gasteiger partial charge in [-0.25, -0.2) is 9.78 Å². The Labute approximate surface area is 171 Å². The van der Waals surface area contributed by atoms with Crippen molar-refractivity contribution < 1.29 is 19.8 Å². The molecule has 0 bridgehead atoms. The van der Waals surface area contributed by atoms with Crippen molar-refractivity contribution in [1.82, 2.24) is 15.2 Å². The first-order valence-corrected chi connectivity index (χ1v) is 11.1. The Morgan fingerprint density at radius 1 is 1.46 bits per heavy atom. The molecule has 1 saturated heterocycles. The Bertz CT molecular complexity index is 891. The molecule has 3 aliphatic rings. The maximum atomic E-state index is 12.4. The van der Waals surface area contributed by atoms with Gasteiger partial charge in [0, 0.05) is 22.2 Å². The number of rotatable bonds is 5. The molecule has 0 radical (unpaired) electrons. The van der Waals surface area contributed by atoms with Crippen molar-refractivity contribution in [2.45, 2.75) is 49.7 Å². The number of nitrogens with zero attached hydrogens (tertiary/aromatic N) is 2. The summed E-state index contributed by atoms with van der Waals surface area (Å²) in [7, 11) is 0. The molecule has 0 spiro atoms. The van der Waals surface area contributed by atoms with Gasteiger partial charge in [-0.05, 0) is 32.4 Å². The van der Waals surface area contributed by atoms with Crippen LogP contribution in [-0.4, -0.2) is 56.7 Å². The van der Waals surface area contributed by atoms with Crippen molar-refractivity contribution >= 4 is 40.5 Å². The zero-order valence-corrected chi connectivity index (χ0v) is 17.5. The first-order valence-electron chi connectivity index (χ1n) is 9.36. The molecule has 5 atom stereocenters. The molecule has 7 nitrogen and oxygen atoms in total. The molecule has 1 fully saturated rings. The second-order valence-corrected chi connectivity index (χ2v) is 9.70. The Morgan fingerprint density at radius 2 is 2.21 bits per heavy atom. The van der Waals surface area contributed by atoms with Crippen LogP contribution in [0.15, 0.2) is 26.4 Å². The third-order valence-electron chi connectivity index (χ3n) is 5.63. The number of thiazole rings is 1. The van der Waals surface area contributed by atoms with Gasteiger partial charge in [0.2, 0.25) is 5.91 Å². The summed E-state index contributed by atoms with van der Waals surface area (Å²) in [6.45, 7) is 6.52. The molecule has 4 heterocycles. The van der Waals surface area contributed by atoms with Crippen LogP contribution in [0, 0.1) is 11.8 Å². The molecular formula is C19H23N3O4S2. The predicted octanol–water partition coefficient (Wildman–Crippen LogP) is 2.15. The van der Waals surface area contributed by atoms with Crippen molar-refractivity contribution in [2.24, 2.45) is 11.8 Å². The third kappa shape index (κ3) is 3.10. The van der Waals surface area contributed by atoms with Crippen LogP contribution in [0.3, 0.4) is 0 Å². The highest BCUT2D eigenvalue weighted by Gasteiger charge is 2.60. The number of thioether (sulfide) groups is 1. The molecular weight excluding hydrogens is 398 g/mol. The summed E-state index contributed by atoms with van der Waals surface area (Å²) in [4.78, 5) is 31.0. The second kappa shape index (κ2) is 7.29. The van der Waals surface area contributed by atoms with Crippen LogP contribution in [0.2, 0.25) is 0 Å². The molecule has 0 aromatic carbocycles. The largest absolute Gasteiger partial charge is 0.477 e. The summed E-state index contributed by atoms with van der Waals surface area (Å²) < 4.78 is 0.770. The summed E-state index contributed by atoms with van der Waals surface area (Å²) in [5.74, 6) is -2.12. The Hall–Kier alpha value is -1.68. The number of aliphatic hydroxyl groups is 1. The van der Waals surface area contributed by atoms with E-state index in [9.17, 15) is 19.8 Å². The van der Waals surface area contributed by atoms with Crippen LogP contribution in [0.1, 0.15) is 32.9 Å². The van der Waals surface area contributed by atoms with E-state index in [1.54, 1.807) is 6.92 Å². The van der Waals surface area contributed by atoms with Crippen molar-refractivity contribution in [3.8, 4) is 0 Å². The summed E-state index contributed by atoms with van der Waals surface area (Å²) >= 11 is 2.82. The fourth-order valence-electron chi connectivity index (χ4n) is 4.29. The number of carboxylic acid groups (broad SMARTS) is 1. The lowest BCUT2D eigenvalue weighted by molar-refractivity contribution is -0.163. The molecule has 1 aromatic heterocycles. The number of fused-ring (bicyclic) bond motifs is 1. The number of carbonyl (C=O) groups is 2. The number of aliphatic carboxylic acids is 1. The number of nitrogens with one attached hydrogen (secondary N) is 1. The lowest BCUT2D eigenvalue weighted by atomic mass is 9.79. The van der Waals surface area contributed by atoms with E-state index in [0.29, 0.717) is 10.9 Å². The Kier molecular flexibility index (Phi) is 5.11. The summed E-state index contributed by atoms with van der Waals surface area (Å²) in [6.07, 6.45) is 2.29. The molecule has 9 heteroatoms. The average molecular weight is 422 g/mol. The summed E-state index contributed by atoms with van der Waals surface area (Å²) in [5, 5.41) is 25.0. The fourth-order valence-corrected chi connectivity index (χ4v) is 6.41. The van der Waals surface area contributed by atoms with Crippen LogP contribution < -0.4 is 5.32 Å². The van der Waals surface area contributed by atoms with Gasteiger partial charge in [0.05, 0.1) is 23.8 Å². The number of hydrogen-bond donors (Lipinski definition) is 3. The molecule has 150 valence electrons. The van der Waals surface area contributed by atoms with Gasteiger partial charge in [-0.3, -0.25) is 4.79 Å². The van der Waals surface area contributed by atoms with Crippen LogP contribution in [-0.2, 0) is 9.59 Å². The topological polar surface area (TPSA) is 103 Å². The maximum absolute atomic E-state index is 12.4. The van der Waals surface area contributed by atoms with E-state index >= 15 is 0 Å². The quantitative estimate of drug-likeness (QED) is 0.626. The van der Waals surface area contributed by atoms with E-state index < -0.39 is 18.0 Å². The van der Waals surface area contributed by atoms with E-state index in [1.807, 2.05) is 12.3 Å². The predicted molar refractivity (Wildman–Crippen MR) is 108 cm³/mol. The van der Waals surface area contributed by atoms with Crippen molar-refractivity contribution in [3.63, 3.8) is 0 Å². The van der Waals surface area contributed by atoms with E-state index in [2.05, 4.69) is 18.3 Å². The molecule has 1 unspecified atom stereocenters. The molecule has 1 amide bonds. The van der Waals surface area contributed by atoms with Crippen molar-refractivity contribution in [2.75, 3.05) is 6.54 Å². The number of carbonyl (C=O) groups excluding carboxylic acids is 1. The van der Waals surface area contributed by atoms with Crippen LogP contribution >= 0.6 is 23.1 Å². The molecule has 4 rings (SSSR count). The average Bonchev–Trinajstić information content (AvgIpc) is 3.18. The lowest BCUT2D eigenvalue weighted by Crippen LogP contribution is -2.63. The number of β-lactam (4-membered cyclic amide) rings is 1. The van der Waals surface area contributed by atoms with Gasteiger partial charge in [-0.2, -0.15) is 0 Å². The normalized spacial score (nSPS) is 30.8. The van der Waals surface area contributed by atoms with Gasteiger partial charge < -0.3 is 20.4 Å². The Balaban J connectivity index is 1.61. The minimum absolute atomic E-state index is 0.0378. The van der Waals surface area contributed by atoms with Gasteiger partial charge >= 0.3 is 5.97 Å². The molecule has 3 N–H and O–H groups in total. The number of carboxylic acids is 1. The molecule has 3 aliphatic heterocycles. The van der Waals surface area contributed by atoms with E-state index in [4.69, 9.17) is 4.98 Å². The van der Waals surface area contributed by atoms with Gasteiger partial charge in [0.15, 0.2) is 4.34 Å². The lowest BCUT2D eigenvalue weighted by Gasteiger charge is -2.46. The second-order valence-electron chi connectivity index (χ2n) is 7.56. The highest BCUT2D eigenvalue weighted by atomic mass is 32.2. The standard InChI is InChI=1S/C19H23N3O4S2/c1-8-6-11(4-5-20-8)12-7-27-19(21-12)28-16-9(2)14-13(10(3)23)17(24)22(14)15(16)18(25)26/h6-10,13-14,20,23H,4-5H2,1-3H3,(H,25,26)/t8-,9+,10+,13+,14?/m0/s1. The first kappa shape index (κ1) is 19.6. The van der Waals surface area contributed by atoms with Gasteiger partial charge in [0.25, 0.3) is 0 Å². The smallest absolute Gasteiger partial charge is 0.353 e. The van der Waals surface area contributed by atoms with Crippen LogP contribution in [0.5, 0.6) is 0 Å². The maximum Gasteiger partial charge on any atom is 0.353 e. The van der Waals surface area contributed by atoms with Gasteiger partial charge in [-0.15, -0.1) is 11.3 Å². The summed E-state index contributed by atoms with van der Waals surface area (Å²) in [6, 6.07) is 0.0121. The zero-order chi connectivity index (χ0) is 20.2. The van der Waals surface area contributed by atoms with Crippen LogP contribution in [0.4, 0.5) is 0 Å². The molecule has 0 aliphatic carbocycles. The van der Waals surface area contributed by atoms with Gasteiger partial charge in [-0.1, -0.05) is 24.8 Å². The van der Waals surface area contributed by atoms with Crippen molar-refractivity contribution in [1.29, 1.82) is 0 Å². The fraction of sp³-hybridized carbons (Fsp3) is 0.526. The van der Waals surface area contributed by atoms with E-state index in [1.165, 1.54) is 33.6 Å². The highest BCUT2D eigenvalue weighted by molar-refractivity contribution is 8.04. The van der Waals surface area contributed by atoms with Crippen molar-refractivity contribution in [3.05, 3.63) is 27.8 Å². The minimum atomic E-state index is -1.11. The third-order valence-corrected chi connectivity index (χ3v) is 7.86. The molecule has 28 heavy (non-hydrogen) atoms. The van der Waals surface area contributed by atoms with E-state index in [-0.39, 0.29) is 23.6 Å². The summed E-state index contributed by atoms with van der Waals surface area (Å²) in [5.41, 5.74) is 2.18. The molecule has 0 saturated carbocycles. The zero-order valence-electron chi connectivity index (χ0n) is 15.9. The van der Waals surface area contributed by atoms with Crippen LogP contribution in [0.25, 0.3) is 5.57 Å². The first-order chi connectivity index (χ1) is 13.3. The number of aromatic nitrogens is 1. The Morgan fingerprint density at radius 3 is 2.86 bits per heavy atom. The monoisotopic (exact) mass is 421 g/mol. The number of amides is 1. The van der Waals surface area contributed by atoms with E-state index in [0.717, 1.165) is 23.0 Å². The number of aliphatic hydroxyl groups excluding tert-OH is 1. The minimum Gasteiger partial charge on any atom is -0.477 e. The SMILES string of the molecule is C[C@H]1C=C(c2csc(SC3=C(C(=O)O)N4C(=O)[C@H]([C@@H](C)O)C4[C@H]3C)n2)CCN1. The van der Waals surface area contributed by atoms with Gasteiger partial charge in [0.1, 0.15) is 5.70 Å². The highest BCUT2D eigenvalue weighted by Crippen LogP contribution is 2.52. The number of hydrogen-bond acceptors (Lipinski definition) is 7. The molecule has 1 aromatic rings.